The third-order valence-electron chi connectivity index (χ3n) is 5.88. The fourth-order valence-electron chi connectivity index (χ4n) is 3.65. The summed E-state index contributed by atoms with van der Waals surface area (Å²) in [4.78, 5) is 12.4. The number of hydrogen-bond acceptors (Lipinski definition) is 6. The summed E-state index contributed by atoms with van der Waals surface area (Å²) in [7, 11) is 1.39. The molecule has 0 spiro atoms. The average Bonchev–Trinajstić information content (AvgIpc) is 2.94. The van der Waals surface area contributed by atoms with Gasteiger partial charge in [-0.05, 0) is 62.3 Å². The fourth-order valence-corrected chi connectivity index (χ4v) is 4.70. The summed E-state index contributed by atoms with van der Waals surface area (Å²) in [5.74, 6) is 1.90. The maximum absolute atomic E-state index is 11.2. The molecule has 0 fully saturated rings. The van der Waals surface area contributed by atoms with Crippen LogP contribution in [0.25, 0.3) is 0 Å². The molecular formula is C31H60N2O4S. The van der Waals surface area contributed by atoms with Crippen LogP contribution in [0, 0.1) is 5.92 Å². The van der Waals surface area contributed by atoms with Crippen LogP contribution in [0.4, 0.5) is 4.79 Å². The maximum Gasteiger partial charge on any atom is 0.406 e. The van der Waals surface area contributed by atoms with Crippen LogP contribution in [-0.2, 0) is 4.74 Å². The highest BCUT2D eigenvalue weighted by atomic mass is 32.2. The number of aliphatic hydroxyl groups is 1. The molecule has 1 aliphatic rings. The van der Waals surface area contributed by atoms with E-state index < -0.39 is 0 Å². The monoisotopic (exact) mass is 556 g/mol. The molecular weight excluding hydrogens is 496 g/mol. The minimum Gasteiger partial charge on any atom is -0.494 e. The smallest absolute Gasteiger partial charge is 0.406 e. The second-order valence-electron chi connectivity index (χ2n) is 9.21. The topological polar surface area (TPSA) is 71.0 Å². The van der Waals surface area contributed by atoms with E-state index in [1.165, 1.54) is 69.8 Å². The SMILES string of the molecule is CC.CCCC(C)CC.CCO.COC(=O)NCCCN1CCCCCCCCCOc2cccc(c2)S1. The van der Waals surface area contributed by atoms with Gasteiger partial charge in [-0.2, -0.15) is 0 Å². The summed E-state index contributed by atoms with van der Waals surface area (Å²) in [6.45, 7) is 16.2. The molecule has 2 bridgehead atoms. The molecule has 1 aliphatic heterocycles. The number of carbonyl (C=O) groups is 1. The molecule has 7 heteroatoms. The van der Waals surface area contributed by atoms with Gasteiger partial charge in [0.1, 0.15) is 5.75 Å². The van der Waals surface area contributed by atoms with Gasteiger partial charge in [0.2, 0.25) is 0 Å². The number of nitrogens with one attached hydrogen (secondary N) is 1. The summed E-state index contributed by atoms with van der Waals surface area (Å²) in [5.41, 5.74) is 0. The molecule has 2 N–H and O–H groups in total. The fraction of sp³-hybridized carbons (Fsp3) is 0.774. The van der Waals surface area contributed by atoms with Crippen molar-refractivity contribution in [3.05, 3.63) is 24.3 Å². The number of rotatable bonds is 7. The van der Waals surface area contributed by atoms with Crippen LogP contribution >= 0.6 is 11.9 Å². The zero-order valence-electron chi connectivity index (χ0n) is 25.7. The largest absolute Gasteiger partial charge is 0.494 e. The minimum absolute atomic E-state index is 0.250. The Morgan fingerprint density at radius 2 is 1.74 bits per heavy atom. The summed E-state index contributed by atoms with van der Waals surface area (Å²) in [6, 6.07) is 8.36. The first-order valence-corrected chi connectivity index (χ1v) is 15.9. The number of benzene rings is 1. The first-order valence-electron chi connectivity index (χ1n) is 15.1. The van der Waals surface area contributed by atoms with Gasteiger partial charge in [-0.25, -0.2) is 9.10 Å². The van der Waals surface area contributed by atoms with Gasteiger partial charge in [0.25, 0.3) is 0 Å². The number of alkyl carbamates (subject to hydrolysis) is 1. The Balaban J connectivity index is 0. The Morgan fingerprint density at radius 3 is 2.32 bits per heavy atom. The quantitative estimate of drug-likeness (QED) is 0.258. The Labute approximate surface area is 239 Å². The second-order valence-corrected chi connectivity index (χ2v) is 10.4. The molecule has 1 heterocycles. The van der Waals surface area contributed by atoms with Crippen LogP contribution < -0.4 is 10.1 Å². The molecule has 38 heavy (non-hydrogen) atoms. The molecule has 0 radical (unpaired) electrons. The molecule has 2 rings (SSSR count). The molecule has 224 valence electrons. The van der Waals surface area contributed by atoms with E-state index in [2.05, 4.69) is 53.3 Å². The second kappa shape index (κ2) is 30.1. The highest BCUT2D eigenvalue weighted by molar-refractivity contribution is 7.97. The summed E-state index contributed by atoms with van der Waals surface area (Å²) >= 11 is 1.78. The zero-order valence-corrected chi connectivity index (χ0v) is 26.5. The van der Waals surface area contributed by atoms with Crippen LogP contribution in [0.2, 0.25) is 0 Å². The highest BCUT2D eigenvalue weighted by Crippen LogP contribution is 2.27. The molecule has 1 aromatic rings. The highest BCUT2D eigenvalue weighted by Gasteiger charge is 2.09. The van der Waals surface area contributed by atoms with Crippen molar-refractivity contribution in [2.75, 3.05) is 40.0 Å². The van der Waals surface area contributed by atoms with Crippen molar-refractivity contribution in [1.29, 1.82) is 0 Å². The molecule has 0 saturated heterocycles. The zero-order chi connectivity index (χ0) is 28.9. The van der Waals surface area contributed by atoms with E-state index in [1.807, 2.05) is 19.9 Å². The van der Waals surface area contributed by atoms with Crippen LogP contribution in [0.5, 0.6) is 5.75 Å². The number of amides is 1. The van der Waals surface area contributed by atoms with Gasteiger partial charge in [-0.3, -0.25) is 0 Å². The summed E-state index contributed by atoms with van der Waals surface area (Å²) in [6.07, 6.45) is 13.5. The van der Waals surface area contributed by atoms with Gasteiger partial charge in [0, 0.05) is 31.1 Å². The summed E-state index contributed by atoms with van der Waals surface area (Å²) in [5, 5.41) is 10.3. The van der Waals surface area contributed by atoms with Gasteiger partial charge in [-0.1, -0.05) is 92.1 Å². The van der Waals surface area contributed by atoms with Crippen molar-refractivity contribution in [2.24, 2.45) is 5.92 Å². The van der Waals surface area contributed by atoms with Crippen LogP contribution in [0.3, 0.4) is 0 Å². The number of fused-ring (bicyclic) bond motifs is 2. The first-order chi connectivity index (χ1) is 18.5. The number of carbonyl (C=O) groups excluding carboxylic acids is 1. The molecule has 0 aromatic heterocycles. The van der Waals surface area contributed by atoms with E-state index in [0.717, 1.165) is 44.2 Å². The molecule has 6 nitrogen and oxygen atoms in total. The number of aliphatic hydroxyl groups excluding tert-OH is 1. The van der Waals surface area contributed by atoms with Crippen molar-refractivity contribution >= 4 is 18.0 Å². The third kappa shape index (κ3) is 24.9. The van der Waals surface area contributed by atoms with Crippen molar-refractivity contribution in [3.8, 4) is 5.75 Å². The number of hydrogen-bond donors (Lipinski definition) is 2. The van der Waals surface area contributed by atoms with Crippen molar-refractivity contribution in [3.63, 3.8) is 0 Å². The van der Waals surface area contributed by atoms with E-state index in [0.29, 0.717) is 6.54 Å². The van der Waals surface area contributed by atoms with Crippen LogP contribution in [-0.4, -0.2) is 55.5 Å². The Morgan fingerprint density at radius 1 is 1.11 bits per heavy atom. The Kier molecular flexibility index (Phi) is 30.7. The van der Waals surface area contributed by atoms with Crippen LogP contribution in [0.1, 0.15) is 112 Å². The van der Waals surface area contributed by atoms with E-state index in [1.54, 1.807) is 18.9 Å². The maximum atomic E-state index is 11.2. The lowest BCUT2D eigenvalue weighted by atomic mass is 10.0. The lowest BCUT2D eigenvalue weighted by molar-refractivity contribution is 0.170. The van der Waals surface area contributed by atoms with Crippen molar-refractivity contribution < 1.29 is 19.4 Å². The lowest BCUT2D eigenvalue weighted by Crippen LogP contribution is -2.27. The average molecular weight is 557 g/mol. The summed E-state index contributed by atoms with van der Waals surface area (Å²) < 4.78 is 12.9. The molecule has 1 atom stereocenters. The number of methoxy groups -OCH3 is 1. The molecule has 1 aromatic carbocycles. The van der Waals surface area contributed by atoms with Crippen molar-refractivity contribution in [2.45, 2.75) is 117 Å². The third-order valence-corrected chi connectivity index (χ3v) is 6.97. The molecule has 0 aliphatic carbocycles. The van der Waals surface area contributed by atoms with E-state index in [-0.39, 0.29) is 12.7 Å². The van der Waals surface area contributed by atoms with Crippen LogP contribution in [0.15, 0.2) is 29.2 Å². The Bertz CT molecular complexity index is 634. The molecule has 1 amide bonds. The first kappa shape index (κ1) is 38.7. The predicted molar refractivity (Wildman–Crippen MR) is 165 cm³/mol. The molecule has 0 saturated carbocycles. The van der Waals surface area contributed by atoms with Gasteiger partial charge >= 0.3 is 6.09 Å². The van der Waals surface area contributed by atoms with Crippen molar-refractivity contribution in [1.82, 2.24) is 9.62 Å². The standard InChI is InChI=1S/C20H32N2O3S.C7H16.C2H6O.C2H6/c1-24-20(23)21-13-10-15-22-14-7-5-3-2-4-6-8-16-25-18-11-9-12-19(17-18)26-22;1-4-6-7(3)5-2;1-2-3;1-2/h9,11-12,17H,2-8,10,13-16H2,1H3,(H,21,23);7H,4-6H2,1-3H3;3H,2H2,1H3;1-2H3. The van der Waals surface area contributed by atoms with E-state index in [9.17, 15) is 4.79 Å². The molecule has 1 unspecified atom stereocenters. The predicted octanol–water partition coefficient (Wildman–Crippen LogP) is 8.72. The normalized spacial score (nSPS) is 15.2. The van der Waals surface area contributed by atoms with E-state index >= 15 is 0 Å². The van der Waals surface area contributed by atoms with Gasteiger partial charge < -0.3 is 19.9 Å². The van der Waals surface area contributed by atoms with Gasteiger partial charge in [-0.15, -0.1) is 0 Å². The van der Waals surface area contributed by atoms with Gasteiger partial charge in [0.15, 0.2) is 0 Å². The number of nitrogens with zero attached hydrogens (tertiary/aromatic N) is 1. The van der Waals surface area contributed by atoms with E-state index in [4.69, 9.17) is 9.84 Å². The Hall–Kier alpha value is -1.44. The number of ether oxygens (including phenoxy) is 2. The lowest BCUT2D eigenvalue weighted by Gasteiger charge is -2.21. The van der Waals surface area contributed by atoms with Gasteiger partial charge in [0.05, 0.1) is 13.7 Å². The minimum atomic E-state index is -0.362.